The van der Waals surface area contributed by atoms with E-state index >= 15 is 0 Å². The normalized spacial score (nSPS) is 12.3. The second-order valence-electron chi connectivity index (χ2n) is 4.37. The SMILES string of the molecule is CC(C)(C)c1cnn2c(O)nc(S)nc12. The summed E-state index contributed by atoms with van der Waals surface area (Å²) in [5, 5.41) is 13.8. The van der Waals surface area contributed by atoms with E-state index in [0.29, 0.717) is 5.65 Å². The molecule has 0 spiro atoms. The number of fused-ring (bicyclic) bond motifs is 1. The minimum Gasteiger partial charge on any atom is -0.479 e. The predicted octanol–water partition coefficient (Wildman–Crippen LogP) is 1.42. The van der Waals surface area contributed by atoms with Crippen LogP contribution >= 0.6 is 12.6 Å². The van der Waals surface area contributed by atoms with Crippen molar-refractivity contribution in [3.63, 3.8) is 0 Å². The lowest BCUT2D eigenvalue weighted by molar-refractivity contribution is 0.404. The fourth-order valence-corrected chi connectivity index (χ4v) is 1.57. The van der Waals surface area contributed by atoms with Gasteiger partial charge in [0.1, 0.15) is 0 Å². The van der Waals surface area contributed by atoms with Gasteiger partial charge in [0.15, 0.2) is 10.8 Å². The molecule has 0 radical (unpaired) electrons. The molecule has 6 heteroatoms. The Morgan fingerprint density at radius 1 is 1.33 bits per heavy atom. The van der Waals surface area contributed by atoms with Crippen LogP contribution in [0.15, 0.2) is 11.4 Å². The molecule has 2 aromatic rings. The van der Waals surface area contributed by atoms with Gasteiger partial charge in [-0.3, -0.25) is 0 Å². The quantitative estimate of drug-likeness (QED) is 0.664. The first kappa shape index (κ1) is 10.2. The van der Waals surface area contributed by atoms with Gasteiger partial charge < -0.3 is 5.11 Å². The van der Waals surface area contributed by atoms with Crippen LogP contribution in [-0.2, 0) is 5.41 Å². The van der Waals surface area contributed by atoms with Crippen molar-refractivity contribution in [1.82, 2.24) is 19.6 Å². The van der Waals surface area contributed by atoms with E-state index < -0.39 is 0 Å². The minimum atomic E-state index is -0.194. The maximum absolute atomic E-state index is 9.53. The van der Waals surface area contributed by atoms with E-state index in [4.69, 9.17) is 0 Å². The van der Waals surface area contributed by atoms with Crippen molar-refractivity contribution in [2.45, 2.75) is 31.3 Å². The van der Waals surface area contributed by atoms with Crippen LogP contribution in [0.2, 0.25) is 0 Å². The number of rotatable bonds is 0. The maximum atomic E-state index is 9.53. The van der Waals surface area contributed by atoms with Crippen LogP contribution in [-0.4, -0.2) is 24.7 Å². The van der Waals surface area contributed by atoms with E-state index in [2.05, 4.69) is 48.5 Å². The predicted molar refractivity (Wildman–Crippen MR) is 58.4 cm³/mol. The molecule has 0 saturated heterocycles. The molecule has 2 aromatic heterocycles. The molecule has 0 fully saturated rings. The summed E-state index contributed by atoms with van der Waals surface area (Å²) in [5.74, 6) is 0. The number of hydrogen-bond acceptors (Lipinski definition) is 5. The fourth-order valence-electron chi connectivity index (χ4n) is 1.38. The van der Waals surface area contributed by atoms with Crippen LogP contribution in [0.3, 0.4) is 0 Å². The van der Waals surface area contributed by atoms with Crippen LogP contribution in [0.1, 0.15) is 26.3 Å². The Kier molecular flexibility index (Phi) is 2.11. The first-order valence-electron chi connectivity index (χ1n) is 4.54. The second-order valence-corrected chi connectivity index (χ2v) is 4.77. The molecule has 0 saturated carbocycles. The molecule has 0 aliphatic rings. The Morgan fingerprint density at radius 3 is 2.60 bits per heavy atom. The van der Waals surface area contributed by atoms with E-state index in [1.165, 1.54) is 4.52 Å². The lowest BCUT2D eigenvalue weighted by Crippen LogP contribution is -2.11. The van der Waals surface area contributed by atoms with Crippen LogP contribution in [0, 0.1) is 0 Å². The van der Waals surface area contributed by atoms with Gasteiger partial charge in [0, 0.05) is 5.56 Å². The maximum Gasteiger partial charge on any atom is 0.319 e. The van der Waals surface area contributed by atoms with Crippen LogP contribution in [0.25, 0.3) is 5.65 Å². The lowest BCUT2D eigenvalue weighted by atomic mass is 9.89. The molecular weight excluding hydrogens is 212 g/mol. The topological polar surface area (TPSA) is 63.3 Å². The Balaban J connectivity index is 2.80. The third-order valence-electron chi connectivity index (χ3n) is 2.15. The Morgan fingerprint density at radius 2 is 2.00 bits per heavy atom. The van der Waals surface area contributed by atoms with Gasteiger partial charge in [-0.05, 0) is 5.41 Å². The molecule has 2 rings (SSSR count). The van der Waals surface area contributed by atoms with Gasteiger partial charge >= 0.3 is 6.01 Å². The summed E-state index contributed by atoms with van der Waals surface area (Å²) < 4.78 is 1.31. The Labute approximate surface area is 92.6 Å². The van der Waals surface area contributed by atoms with E-state index in [1.807, 2.05) is 0 Å². The van der Waals surface area contributed by atoms with E-state index in [-0.39, 0.29) is 16.6 Å². The summed E-state index contributed by atoms with van der Waals surface area (Å²) in [6.07, 6.45) is 1.69. The lowest BCUT2D eigenvalue weighted by Gasteiger charge is -2.15. The van der Waals surface area contributed by atoms with Gasteiger partial charge in [0.25, 0.3) is 0 Å². The molecule has 0 amide bonds. The highest BCUT2D eigenvalue weighted by Gasteiger charge is 2.21. The molecule has 0 aliphatic heterocycles. The monoisotopic (exact) mass is 224 g/mol. The number of nitrogens with zero attached hydrogens (tertiary/aromatic N) is 4. The number of thiol groups is 1. The Bertz CT molecular complexity index is 515. The molecular formula is C9H12N4OS. The first-order valence-corrected chi connectivity index (χ1v) is 4.98. The summed E-state index contributed by atoms with van der Waals surface area (Å²) >= 11 is 4.02. The number of hydrogen-bond donors (Lipinski definition) is 2. The third kappa shape index (κ3) is 1.65. The molecule has 0 bridgehead atoms. The molecule has 0 atom stereocenters. The number of aromatic hydroxyl groups is 1. The smallest absolute Gasteiger partial charge is 0.319 e. The summed E-state index contributed by atoms with van der Waals surface area (Å²) in [6.45, 7) is 6.17. The van der Waals surface area contributed by atoms with E-state index in [1.54, 1.807) is 6.20 Å². The Hall–Kier alpha value is -1.30. The average molecular weight is 224 g/mol. The first-order chi connectivity index (χ1) is 6.89. The highest BCUT2D eigenvalue weighted by atomic mass is 32.1. The van der Waals surface area contributed by atoms with E-state index in [9.17, 15) is 5.11 Å². The van der Waals surface area contributed by atoms with Gasteiger partial charge in [-0.2, -0.15) is 14.6 Å². The van der Waals surface area contributed by atoms with Gasteiger partial charge in [-0.1, -0.05) is 20.8 Å². The van der Waals surface area contributed by atoms with Crippen molar-refractivity contribution in [3.05, 3.63) is 11.8 Å². The summed E-state index contributed by atoms with van der Waals surface area (Å²) in [4.78, 5) is 7.86. The molecule has 5 nitrogen and oxygen atoms in total. The van der Waals surface area contributed by atoms with Gasteiger partial charge in [0.2, 0.25) is 0 Å². The van der Waals surface area contributed by atoms with Crippen molar-refractivity contribution in [3.8, 4) is 6.01 Å². The second kappa shape index (κ2) is 3.10. The molecule has 2 heterocycles. The molecule has 0 aromatic carbocycles. The summed E-state index contributed by atoms with van der Waals surface area (Å²) in [5.41, 5.74) is 1.47. The van der Waals surface area contributed by atoms with Gasteiger partial charge in [-0.25, -0.2) is 4.98 Å². The number of aromatic nitrogens is 4. The zero-order chi connectivity index (χ0) is 11.2. The van der Waals surface area contributed by atoms with Crippen molar-refractivity contribution >= 4 is 18.3 Å². The summed E-state index contributed by atoms with van der Waals surface area (Å²) in [7, 11) is 0. The molecule has 15 heavy (non-hydrogen) atoms. The third-order valence-corrected chi connectivity index (χ3v) is 2.35. The van der Waals surface area contributed by atoms with Crippen molar-refractivity contribution < 1.29 is 5.11 Å². The molecule has 80 valence electrons. The van der Waals surface area contributed by atoms with Crippen LogP contribution < -0.4 is 0 Å². The fraction of sp³-hybridized carbons (Fsp3) is 0.444. The van der Waals surface area contributed by atoms with Gasteiger partial charge in [0.05, 0.1) is 6.20 Å². The largest absolute Gasteiger partial charge is 0.479 e. The minimum absolute atomic E-state index is 0.0806. The molecule has 0 aliphatic carbocycles. The standard InChI is InChI=1S/C9H12N4OS/c1-9(2,3)5-4-10-13-6(5)11-7(15)12-8(13)14/h4H,1-3H3,(H2,11,12,14,15). The highest BCUT2D eigenvalue weighted by Crippen LogP contribution is 2.26. The molecule has 0 unspecified atom stereocenters. The van der Waals surface area contributed by atoms with Crippen molar-refractivity contribution in [2.75, 3.05) is 0 Å². The van der Waals surface area contributed by atoms with Crippen molar-refractivity contribution in [1.29, 1.82) is 0 Å². The van der Waals surface area contributed by atoms with E-state index in [0.717, 1.165) is 5.56 Å². The van der Waals surface area contributed by atoms with Crippen molar-refractivity contribution in [2.24, 2.45) is 0 Å². The summed E-state index contributed by atoms with van der Waals surface area (Å²) in [6, 6.07) is -0.194. The zero-order valence-electron chi connectivity index (χ0n) is 8.76. The molecule has 1 N–H and O–H groups in total. The zero-order valence-corrected chi connectivity index (χ0v) is 9.66. The highest BCUT2D eigenvalue weighted by molar-refractivity contribution is 7.80. The average Bonchev–Trinajstić information content (AvgIpc) is 2.45. The van der Waals surface area contributed by atoms with Gasteiger partial charge in [-0.15, -0.1) is 12.6 Å². The van der Waals surface area contributed by atoms with Crippen LogP contribution in [0.5, 0.6) is 6.01 Å². The van der Waals surface area contributed by atoms with Crippen LogP contribution in [0.4, 0.5) is 0 Å².